The number of hydrogen-bond acceptors (Lipinski definition) is 7. The Bertz CT molecular complexity index is 1020. The van der Waals surface area contributed by atoms with E-state index < -0.39 is 15.9 Å². The molecule has 0 aliphatic carbocycles. The zero-order chi connectivity index (χ0) is 20.9. The molecule has 1 aliphatic rings. The third-order valence-corrected chi connectivity index (χ3v) is 6.20. The first kappa shape index (κ1) is 20.8. The van der Waals surface area contributed by atoms with Gasteiger partial charge in [0.15, 0.2) is 0 Å². The van der Waals surface area contributed by atoms with E-state index in [4.69, 9.17) is 9.47 Å². The van der Waals surface area contributed by atoms with E-state index in [1.165, 1.54) is 48.0 Å². The fourth-order valence-electron chi connectivity index (χ4n) is 2.72. The van der Waals surface area contributed by atoms with Gasteiger partial charge in [0, 0.05) is 24.2 Å². The van der Waals surface area contributed by atoms with Gasteiger partial charge in [0.05, 0.1) is 31.4 Å². The van der Waals surface area contributed by atoms with Gasteiger partial charge < -0.3 is 14.6 Å². The zero-order valence-electron chi connectivity index (χ0n) is 15.7. The maximum absolute atomic E-state index is 12.7. The second-order valence-corrected chi connectivity index (χ2v) is 8.11. The third-order valence-electron chi connectivity index (χ3n) is 4.31. The van der Waals surface area contributed by atoms with Crippen LogP contribution in [-0.2, 0) is 14.8 Å². The summed E-state index contributed by atoms with van der Waals surface area (Å²) >= 11 is 0. The number of ether oxygens (including phenoxy) is 2. The molecule has 3 rings (SSSR count). The molecule has 1 fully saturated rings. The van der Waals surface area contributed by atoms with Crippen LogP contribution < -0.4 is 10.2 Å². The molecule has 1 saturated heterocycles. The Morgan fingerprint density at radius 3 is 2.72 bits per heavy atom. The van der Waals surface area contributed by atoms with Crippen LogP contribution in [0.5, 0.6) is 11.5 Å². The molecule has 29 heavy (non-hydrogen) atoms. The van der Waals surface area contributed by atoms with Crippen molar-refractivity contribution in [1.29, 1.82) is 0 Å². The molecule has 0 saturated carbocycles. The minimum absolute atomic E-state index is 0.0256. The topological polar surface area (TPSA) is 118 Å². The molecule has 2 aromatic rings. The van der Waals surface area contributed by atoms with Crippen molar-refractivity contribution in [3.8, 4) is 11.5 Å². The summed E-state index contributed by atoms with van der Waals surface area (Å²) in [7, 11) is -2.21. The van der Waals surface area contributed by atoms with Crippen LogP contribution in [0.3, 0.4) is 0 Å². The van der Waals surface area contributed by atoms with Crippen LogP contribution in [0.1, 0.15) is 15.9 Å². The number of aromatic hydroxyl groups is 1. The molecule has 0 atom stereocenters. The molecule has 154 valence electrons. The number of rotatable bonds is 6. The highest BCUT2D eigenvalue weighted by Crippen LogP contribution is 2.21. The molecule has 0 radical (unpaired) electrons. The van der Waals surface area contributed by atoms with Crippen LogP contribution in [0.15, 0.2) is 52.5 Å². The number of phenols is 1. The van der Waals surface area contributed by atoms with Gasteiger partial charge in [0.1, 0.15) is 11.5 Å². The van der Waals surface area contributed by atoms with E-state index >= 15 is 0 Å². The lowest BCUT2D eigenvalue weighted by molar-refractivity contribution is 0.0730. The Kier molecular flexibility index (Phi) is 6.47. The molecular formula is C19H21N3O6S. The number of phenolic OH excluding ortho intramolecular Hbond substituents is 1. The van der Waals surface area contributed by atoms with E-state index in [9.17, 15) is 18.3 Å². The number of carbonyl (C=O) groups is 1. The Morgan fingerprint density at radius 1 is 1.24 bits per heavy atom. The molecule has 0 spiro atoms. The summed E-state index contributed by atoms with van der Waals surface area (Å²) in [5.74, 6) is -0.0818. The van der Waals surface area contributed by atoms with Gasteiger partial charge in [0.2, 0.25) is 10.0 Å². The van der Waals surface area contributed by atoms with E-state index in [1.807, 2.05) is 0 Å². The molecule has 9 nitrogen and oxygen atoms in total. The van der Waals surface area contributed by atoms with Gasteiger partial charge in [-0.1, -0.05) is 6.07 Å². The SMILES string of the molecule is COc1ccc(O)c(/C=N/NC(=O)c2cccc(S(=O)(=O)N3CCOCC3)c2)c1. The van der Waals surface area contributed by atoms with Gasteiger partial charge in [-0.05, 0) is 36.4 Å². The number of amides is 1. The maximum Gasteiger partial charge on any atom is 0.271 e. The van der Waals surface area contributed by atoms with Crippen molar-refractivity contribution >= 4 is 22.1 Å². The second-order valence-electron chi connectivity index (χ2n) is 6.17. The quantitative estimate of drug-likeness (QED) is 0.536. The first-order valence-corrected chi connectivity index (χ1v) is 10.2. The summed E-state index contributed by atoms with van der Waals surface area (Å²) in [6.45, 7) is 1.22. The van der Waals surface area contributed by atoms with Gasteiger partial charge in [-0.3, -0.25) is 4.79 Å². The molecule has 2 N–H and O–H groups in total. The smallest absolute Gasteiger partial charge is 0.271 e. The zero-order valence-corrected chi connectivity index (χ0v) is 16.6. The summed E-state index contributed by atoms with van der Waals surface area (Å²) < 4.78 is 37.0. The van der Waals surface area contributed by atoms with Crippen LogP contribution in [0, 0.1) is 0 Å². The number of nitrogens with one attached hydrogen (secondary N) is 1. The van der Waals surface area contributed by atoms with Crippen molar-refractivity contribution in [2.75, 3.05) is 33.4 Å². The largest absolute Gasteiger partial charge is 0.507 e. The van der Waals surface area contributed by atoms with E-state index in [2.05, 4.69) is 10.5 Å². The number of morpholine rings is 1. The van der Waals surface area contributed by atoms with E-state index in [-0.39, 0.29) is 29.3 Å². The van der Waals surface area contributed by atoms with Crippen molar-refractivity contribution in [1.82, 2.24) is 9.73 Å². The van der Waals surface area contributed by atoms with E-state index in [0.29, 0.717) is 24.5 Å². The molecule has 2 aromatic carbocycles. The second kappa shape index (κ2) is 9.03. The number of sulfonamides is 1. The standard InChI is InChI=1S/C19H21N3O6S/c1-27-16-5-6-18(23)15(11-16)13-20-21-19(24)14-3-2-4-17(12-14)29(25,26)22-7-9-28-10-8-22/h2-6,11-13,23H,7-10H2,1H3,(H,21,24)/b20-13+. The van der Waals surface area contributed by atoms with Gasteiger partial charge in [-0.25, -0.2) is 13.8 Å². The fourth-order valence-corrected chi connectivity index (χ4v) is 4.18. The monoisotopic (exact) mass is 419 g/mol. The van der Waals surface area contributed by atoms with Gasteiger partial charge >= 0.3 is 0 Å². The lowest BCUT2D eigenvalue weighted by atomic mass is 10.2. The molecule has 10 heteroatoms. The lowest BCUT2D eigenvalue weighted by Gasteiger charge is -2.26. The van der Waals surface area contributed by atoms with Crippen molar-refractivity contribution in [3.63, 3.8) is 0 Å². The van der Waals surface area contributed by atoms with Crippen LogP contribution in [0.25, 0.3) is 0 Å². The van der Waals surface area contributed by atoms with Crippen LogP contribution >= 0.6 is 0 Å². The molecule has 0 unspecified atom stereocenters. The van der Waals surface area contributed by atoms with Crippen LogP contribution in [-0.4, -0.2) is 63.4 Å². The van der Waals surface area contributed by atoms with Crippen molar-refractivity contribution in [2.24, 2.45) is 5.10 Å². The van der Waals surface area contributed by atoms with Crippen molar-refractivity contribution < 1.29 is 27.8 Å². The van der Waals surface area contributed by atoms with E-state index in [0.717, 1.165) is 0 Å². The molecule has 0 aromatic heterocycles. The molecule has 0 bridgehead atoms. The predicted molar refractivity (Wildman–Crippen MR) is 106 cm³/mol. The summed E-state index contributed by atoms with van der Waals surface area (Å²) in [4.78, 5) is 12.4. The highest BCUT2D eigenvalue weighted by Gasteiger charge is 2.26. The summed E-state index contributed by atoms with van der Waals surface area (Å²) in [5.41, 5.74) is 2.82. The Labute approximate surface area is 168 Å². The Morgan fingerprint density at radius 2 is 2.00 bits per heavy atom. The third kappa shape index (κ3) is 4.91. The van der Waals surface area contributed by atoms with Crippen molar-refractivity contribution in [3.05, 3.63) is 53.6 Å². The highest BCUT2D eigenvalue weighted by molar-refractivity contribution is 7.89. The van der Waals surface area contributed by atoms with Gasteiger partial charge in [0.25, 0.3) is 5.91 Å². The van der Waals surface area contributed by atoms with Crippen molar-refractivity contribution in [2.45, 2.75) is 4.90 Å². The van der Waals surface area contributed by atoms with Gasteiger partial charge in [-0.15, -0.1) is 0 Å². The van der Waals surface area contributed by atoms with Gasteiger partial charge in [-0.2, -0.15) is 9.41 Å². The predicted octanol–water partition coefficient (Wildman–Crippen LogP) is 1.19. The summed E-state index contributed by atoms with van der Waals surface area (Å²) in [6.07, 6.45) is 1.27. The number of carbonyl (C=O) groups excluding carboxylic acids is 1. The molecule has 1 amide bonds. The molecule has 1 heterocycles. The maximum atomic E-state index is 12.7. The Hall–Kier alpha value is -2.95. The average molecular weight is 419 g/mol. The summed E-state index contributed by atoms with van der Waals surface area (Å²) in [6, 6.07) is 10.3. The number of hydrogen-bond donors (Lipinski definition) is 2. The molecular weight excluding hydrogens is 398 g/mol. The minimum Gasteiger partial charge on any atom is -0.507 e. The Balaban J connectivity index is 1.73. The number of nitrogens with zero attached hydrogens (tertiary/aromatic N) is 2. The van der Waals surface area contributed by atoms with Crippen LogP contribution in [0.2, 0.25) is 0 Å². The van der Waals surface area contributed by atoms with E-state index in [1.54, 1.807) is 12.1 Å². The first-order chi connectivity index (χ1) is 13.9. The number of methoxy groups -OCH3 is 1. The fraction of sp³-hybridized carbons (Fsp3) is 0.263. The normalized spacial score (nSPS) is 15.3. The highest BCUT2D eigenvalue weighted by atomic mass is 32.2. The molecule has 1 aliphatic heterocycles. The van der Waals surface area contributed by atoms with Crippen LogP contribution in [0.4, 0.5) is 0 Å². The first-order valence-electron chi connectivity index (χ1n) is 8.80. The number of benzene rings is 2. The number of hydrazone groups is 1. The summed E-state index contributed by atoms with van der Waals surface area (Å²) in [5, 5.41) is 13.6. The lowest BCUT2D eigenvalue weighted by Crippen LogP contribution is -2.40. The minimum atomic E-state index is -3.71. The average Bonchev–Trinajstić information content (AvgIpc) is 2.75.